The first-order valence-electron chi connectivity index (χ1n) is 11.2. The molecule has 0 aromatic heterocycles. The van der Waals surface area contributed by atoms with Gasteiger partial charge in [0.1, 0.15) is 17.9 Å². The Morgan fingerprint density at radius 3 is 2.43 bits per heavy atom. The predicted octanol–water partition coefficient (Wildman–Crippen LogP) is 6.93. The van der Waals surface area contributed by atoms with Crippen LogP contribution in [-0.4, -0.2) is 17.8 Å². The van der Waals surface area contributed by atoms with Gasteiger partial charge in [0.2, 0.25) is 0 Å². The van der Waals surface area contributed by atoms with E-state index in [0.29, 0.717) is 32.8 Å². The Kier molecular flexibility index (Phi) is 8.03. The van der Waals surface area contributed by atoms with E-state index in [2.05, 4.69) is 11.9 Å². The summed E-state index contributed by atoms with van der Waals surface area (Å²) in [6, 6.07) is 14.5. The summed E-state index contributed by atoms with van der Waals surface area (Å²) in [5.74, 6) is -0.924. The van der Waals surface area contributed by atoms with Gasteiger partial charge >= 0.3 is 6.03 Å². The largest absolute Gasteiger partial charge is 0.489 e. The molecular weight excluding hydrogens is 535 g/mol. The van der Waals surface area contributed by atoms with E-state index in [1.807, 2.05) is 6.07 Å². The van der Waals surface area contributed by atoms with Crippen LogP contribution in [0.4, 0.5) is 10.5 Å². The number of hydrogen-bond acceptors (Lipinski definition) is 4. The highest BCUT2D eigenvalue weighted by Crippen LogP contribution is 2.29. The first kappa shape index (κ1) is 26.5. The highest BCUT2D eigenvalue weighted by Gasteiger charge is 2.37. The van der Waals surface area contributed by atoms with Gasteiger partial charge in [-0.05, 0) is 78.1 Å². The molecule has 6 nitrogen and oxygen atoms in total. The van der Waals surface area contributed by atoms with Gasteiger partial charge in [0.25, 0.3) is 11.8 Å². The lowest BCUT2D eigenvalue weighted by Crippen LogP contribution is -2.54. The van der Waals surface area contributed by atoms with Crippen LogP contribution in [0.2, 0.25) is 15.1 Å². The quantitative estimate of drug-likeness (QED) is 0.195. The van der Waals surface area contributed by atoms with Crippen LogP contribution in [-0.2, 0) is 22.6 Å². The Balaban J connectivity index is 1.62. The molecule has 0 aliphatic carbocycles. The molecule has 1 saturated heterocycles. The average molecular weight is 556 g/mol. The van der Waals surface area contributed by atoms with Crippen LogP contribution < -0.4 is 15.0 Å². The van der Waals surface area contributed by atoms with Gasteiger partial charge in [-0.1, -0.05) is 59.1 Å². The molecule has 4 rings (SSSR count). The van der Waals surface area contributed by atoms with Crippen LogP contribution in [0.15, 0.2) is 72.8 Å². The van der Waals surface area contributed by atoms with Gasteiger partial charge in [0.15, 0.2) is 0 Å². The number of amides is 4. The number of aryl methyl sites for hydroxylation is 1. The van der Waals surface area contributed by atoms with Gasteiger partial charge in [-0.3, -0.25) is 14.9 Å². The number of carbonyl (C=O) groups excluding carboxylic acids is 3. The molecule has 3 aromatic rings. The van der Waals surface area contributed by atoms with Crippen molar-refractivity contribution in [2.24, 2.45) is 0 Å². The summed E-state index contributed by atoms with van der Waals surface area (Å²) in [6.07, 6.45) is 3.64. The molecule has 188 valence electrons. The van der Waals surface area contributed by atoms with E-state index in [-0.39, 0.29) is 17.9 Å². The molecule has 0 atom stereocenters. The fourth-order valence-electron chi connectivity index (χ4n) is 3.71. The summed E-state index contributed by atoms with van der Waals surface area (Å²) >= 11 is 18.2. The number of benzene rings is 3. The second-order valence-electron chi connectivity index (χ2n) is 8.29. The SMILES string of the molecule is C=CCc1cc(/C=C2/C(=O)NC(=O)N(c3ccc(C)c(Cl)c3)C2=O)ccc1OCc1ccc(Cl)c(Cl)c1. The molecule has 9 heteroatoms. The van der Waals surface area contributed by atoms with E-state index >= 15 is 0 Å². The minimum Gasteiger partial charge on any atom is -0.489 e. The minimum atomic E-state index is -0.842. The van der Waals surface area contributed by atoms with Crippen LogP contribution in [0.25, 0.3) is 6.08 Å². The summed E-state index contributed by atoms with van der Waals surface area (Å²) in [6.45, 7) is 5.86. The number of anilines is 1. The van der Waals surface area contributed by atoms with Gasteiger partial charge in [-0.25, -0.2) is 9.69 Å². The number of allylic oxidation sites excluding steroid dienone is 1. The maximum absolute atomic E-state index is 13.2. The second kappa shape index (κ2) is 11.2. The highest BCUT2D eigenvalue weighted by molar-refractivity contribution is 6.42. The Morgan fingerprint density at radius 1 is 0.946 bits per heavy atom. The van der Waals surface area contributed by atoms with E-state index in [9.17, 15) is 14.4 Å². The topological polar surface area (TPSA) is 75.7 Å². The Bertz CT molecular complexity index is 1470. The number of barbiturate groups is 1. The van der Waals surface area contributed by atoms with Crippen molar-refractivity contribution in [3.05, 3.63) is 110 Å². The molecule has 3 aromatic carbocycles. The van der Waals surface area contributed by atoms with Crippen LogP contribution in [0, 0.1) is 6.92 Å². The molecule has 1 N–H and O–H groups in total. The Hall–Kier alpha value is -3.58. The van der Waals surface area contributed by atoms with Gasteiger partial charge in [0, 0.05) is 5.02 Å². The van der Waals surface area contributed by atoms with Gasteiger partial charge in [0.05, 0.1) is 15.7 Å². The predicted molar refractivity (Wildman–Crippen MR) is 146 cm³/mol. The third-order valence-corrected chi connectivity index (χ3v) is 6.80. The molecule has 37 heavy (non-hydrogen) atoms. The third-order valence-electron chi connectivity index (χ3n) is 5.65. The van der Waals surface area contributed by atoms with Crippen LogP contribution in [0.5, 0.6) is 5.75 Å². The first-order chi connectivity index (χ1) is 17.7. The van der Waals surface area contributed by atoms with Crippen molar-refractivity contribution in [1.82, 2.24) is 5.32 Å². The molecule has 0 radical (unpaired) electrons. The summed E-state index contributed by atoms with van der Waals surface area (Å²) in [7, 11) is 0. The number of ether oxygens (including phenoxy) is 1. The maximum Gasteiger partial charge on any atom is 0.335 e. The van der Waals surface area contributed by atoms with E-state index in [4.69, 9.17) is 39.5 Å². The van der Waals surface area contributed by atoms with Crippen molar-refractivity contribution < 1.29 is 19.1 Å². The van der Waals surface area contributed by atoms with Crippen LogP contribution >= 0.6 is 34.8 Å². The summed E-state index contributed by atoms with van der Waals surface area (Å²) in [5, 5.41) is 3.51. The molecule has 1 aliphatic rings. The average Bonchev–Trinajstić information content (AvgIpc) is 2.85. The molecule has 1 heterocycles. The molecule has 1 fully saturated rings. The van der Waals surface area contributed by atoms with Crippen LogP contribution in [0.3, 0.4) is 0 Å². The number of nitrogens with one attached hydrogen (secondary N) is 1. The molecule has 0 bridgehead atoms. The summed E-state index contributed by atoms with van der Waals surface area (Å²) in [5.41, 5.74) is 3.08. The molecule has 0 spiro atoms. The van der Waals surface area contributed by atoms with E-state index < -0.39 is 17.8 Å². The Morgan fingerprint density at radius 2 is 1.73 bits per heavy atom. The standard InChI is InChI=1S/C28H21Cl3N2O4/c1-3-4-19-11-17(7-10-25(19)37-15-18-6-9-22(29)24(31)13-18)12-21-26(34)32-28(36)33(27(21)35)20-8-5-16(2)23(30)14-20/h3,5-14H,1,4,15H2,2H3,(H,32,34,36)/b21-12-. The van der Waals surface area contributed by atoms with E-state index in [1.165, 1.54) is 12.1 Å². The lowest BCUT2D eigenvalue weighted by Gasteiger charge is -2.26. The lowest BCUT2D eigenvalue weighted by molar-refractivity contribution is -0.122. The van der Waals surface area contributed by atoms with Gasteiger partial charge in [-0.15, -0.1) is 6.58 Å². The zero-order chi connectivity index (χ0) is 26.7. The number of urea groups is 1. The minimum absolute atomic E-state index is 0.190. The fourth-order valence-corrected chi connectivity index (χ4v) is 4.21. The number of rotatable bonds is 7. The van der Waals surface area contributed by atoms with E-state index in [0.717, 1.165) is 21.6 Å². The first-order valence-corrected chi connectivity index (χ1v) is 12.3. The lowest BCUT2D eigenvalue weighted by atomic mass is 10.0. The molecule has 1 aliphatic heterocycles. The molecular formula is C28H21Cl3N2O4. The number of imide groups is 2. The van der Waals surface area contributed by atoms with Crippen molar-refractivity contribution in [2.75, 3.05) is 4.90 Å². The number of hydrogen-bond donors (Lipinski definition) is 1. The normalized spacial score (nSPS) is 14.6. The number of carbonyl (C=O) groups is 3. The monoisotopic (exact) mass is 554 g/mol. The van der Waals surface area contributed by atoms with E-state index in [1.54, 1.807) is 55.5 Å². The number of halogens is 3. The van der Waals surface area contributed by atoms with Crippen molar-refractivity contribution in [1.29, 1.82) is 0 Å². The fraction of sp³-hybridized carbons (Fsp3) is 0.107. The van der Waals surface area contributed by atoms with Gasteiger partial charge < -0.3 is 4.74 Å². The van der Waals surface area contributed by atoms with Crippen molar-refractivity contribution in [3.63, 3.8) is 0 Å². The Labute approximate surface area is 229 Å². The third kappa shape index (κ3) is 5.88. The summed E-state index contributed by atoms with van der Waals surface area (Å²) in [4.78, 5) is 39.1. The van der Waals surface area contributed by atoms with Crippen molar-refractivity contribution >= 4 is 64.4 Å². The smallest absolute Gasteiger partial charge is 0.335 e. The van der Waals surface area contributed by atoms with Crippen molar-refractivity contribution in [3.8, 4) is 5.75 Å². The molecule has 0 unspecified atom stereocenters. The maximum atomic E-state index is 13.2. The second-order valence-corrected chi connectivity index (χ2v) is 9.51. The zero-order valence-electron chi connectivity index (χ0n) is 19.7. The van der Waals surface area contributed by atoms with Crippen LogP contribution in [0.1, 0.15) is 22.3 Å². The van der Waals surface area contributed by atoms with Gasteiger partial charge in [-0.2, -0.15) is 0 Å². The number of nitrogens with zero attached hydrogens (tertiary/aromatic N) is 1. The molecule has 0 saturated carbocycles. The highest BCUT2D eigenvalue weighted by atomic mass is 35.5. The molecule has 4 amide bonds. The summed E-state index contributed by atoms with van der Waals surface area (Å²) < 4.78 is 5.99. The van der Waals surface area contributed by atoms with Crippen molar-refractivity contribution in [2.45, 2.75) is 20.0 Å². The zero-order valence-corrected chi connectivity index (χ0v) is 22.0.